The predicted molar refractivity (Wildman–Crippen MR) is 92.4 cm³/mol. The molecule has 1 aliphatic heterocycles. The smallest absolute Gasteiger partial charge is 0.200 e. The number of hydrogen-bond acceptors (Lipinski definition) is 6. The Morgan fingerprint density at radius 2 is 2.12 bits per heavy atom. The van der Waals surface area contributed by atoms with Crippen LogP contribution in [0.15, 0.2) is 42.6 Å². The number of aromatic nitrogens is 6. The summed E-state index contributed by atoms with van der Waals surface area (Å²) in [6.45, 7) is 2.20. The van der Waals surface area contributed by atoms with Crippen molar-refractivity contribution in [3.05, 3.63) is 48.2 Å². The Kier molecular flexibility index (Phi) is 3.17. The van der Waals surface area contributed by atoms with E-state index in [4.69, 9.17) is 4.74 Å². The third-order valence-electron chi connectivity index (χ3n) is 4.73. The molecule has 1 aliphatic rings. The first-order chi connectivity index (χ1) is 12.3. The number of nitrogens with zero attached hydrogens (tertiary/aromatic N) is 7. The van der Waals surface area contributed by atoms with Crippen molar-refractivity contribution in [2.24, 2.45) is 7.05 Å². The van der Waals surface area contributed by atoms with Gasteiger partial charge in [0.2, 0.25) is 0 Å². The molecular formula is C17H17N7O. The van der Waals surface area contributed by atoms with Gasteiger partial charge in [-0.25, -0.2) is 0 Å². The van der Waals surface area contributed by atoms with E-state index in [0.717, 1.165) is 18.9 Å². The molecule has 0 spiro atoms. The van der Waals surface area contributed by atoms with Gasteiger partial charge in [-0.15, -0.1) is 14.8 Å². The Bertz CT molecular complexity index is 1050. The average molecular weight is 335 g/mol. The van der Waals surface area contributed by atoms with Crippen molar-refractivity contribution in [1.29, 1.82) is 0 Å². The maximum absolute atomic E-state index is 6.03. The Morgan fingerprint density at radius 3 is 3.08 bits per heavy atom. The zero-order valence-electron chi connectivity index (χ0n) is 13.8. The van der Waals surface area contributed by atoms with E-state index in [1.54, 1.807) is 0 Å². The highest BCUT2D eigenvalue weighted by Crippen LogP contribution is 2.27. The van der Waals surface area contributed by atoms with E-state index in [-0.39, 0.29) is 6.10 Å². The summed E-state index contributed by atoms with van der Waals surface area (Å²) in [5, 5.41) is 17.1. The fraction of sp³-hybridized carbons (Fsp3) is 0.294. The minimum atomic E-state index is 0.0134. The number of ether oxygens (including phenoxy) is 1. The summed E-state index contributed by atoms with van der Waals surface area (Å²) in [5.74, 6) is 0.855. The molecule has 0 N–H and O–H groups in total. The third kappa shape index (κ3) is 2.42. The summed E-state index contributed by atoms with van der Waals surface area (Å²) in [4.78, 5) is 2.21. The Labute approximate surface area is 143 Å². The molecule has 1 atom stereocenters. The van der Waals surface area contributed by atoms with Crippen LogP contribution in [0.5, 0.6) is 0 Å². The van der Waals surface area contributed by atoms with Crippen LogP contribution in [0.1, 0.15) is 11.7 Å². The highest BCUT2D eigenvalue weighted by Gasteiger charge is 2.24. The molecule has 1 unspecified atom stereocenters. The van der Waals surface area contributed by atoms with Gasteiger partial charge in [-0.2, -0.15) is 0 Å². The SMILES string of the molecule is Cn1ccc2ccc(C3CN(c4ccc5nnnn5n4)CCO3)cc21. The standard InChI is InChI=1S/C17H17N7O/c1-22-7-6-12-2-3-13(10-14(12)22)15-11-23(8-9-25-15)17-5-4-16-18-20-21-24(16)19-17/h2-7,10,15H,8-9,11H2,1H3. The van der Waals surface area contributed by atoms with Gasteiger partial charge >= 0.3 is 0 Å². The molecule has 5 rings (SSSR count). The van der Waals surface area contributed by atoms with E-state index >= 15 is 0 Å². The Hall–Kier alpha value is -3.00. The second kappa shape index (κ2) is 5.52. The first-order valence-corrected chi connectivity index (χ1v) is 8.25. The number of aryl methyl sites for hydroxylation is 1. The van der Waals surface area contributed by atoms with Crippen LogP contribution in [0, 0.1) is 0 Å². The molecule has 126 valence electrons. The predicted octanol–water partition coefficient (Wildman–Crippen LogP) is 1.59. The molecule has 0 amide bonds. The van der Waals surface area contributed by atoms with E-state index < -0.39 is 0 Å². The average Bonchev–Trinajstić information content (AvgIpc) is 3.28. The molecule has 3 aromatic heterocycles. The fourth-order valence-corrected chi connectivity index (χ4v) is 3.35. The Balaban J connectivity index is 1.45. The van der Waals surface area contributed by atoms with Crippen molar-refractivity contribution in [2.45, 2.75) is 6.10 Å². The van der Waals surface area contributed by atoms with Crippen molar-refractivity contribution in [3.8, 4) is 0 Å². The van der Waals surface area contributed by atoms with E-state index in [9.17, 15) is 0 Å². The van der Waals surface area contributed by atoms with Crippen molar-refractivity contribution >= 4 is 22.4 Å². The van der Waals surface area contributed by atoms with Crippen LogP contribution in [-0.4, -0.2) is 49.5 Å². The van der Waals surface area contributed by atoms with Gasteiger partial charge in [0.1, 0.15) is 6.10 Å². The van der Waals surface area contributed by atoms with Crippen LogP contribution in [0.25, 0.3) is 16.6 Å². The molecule has 4 heterocycles. The van der Waals surface area contributed by atoms with Gasteiger partial charge in [-0.1, -0.05) is 12.1 Å². The van der Waals surface area contributed by atoms with Crippen LogP contribution in [0.4, 0.5) is 5.82 Å². The van der Waals surface area contributed by atoms with Crippen LogP contribution >= 0.6 is 0 Å². The summed E-state index contributed by atoms with van der Waals surface area (Å²) >= 11 is 0. The second-order valence-corrected chi connectivity index (χ2v) is 6.27. The molecule has 1 aromatic carbocycles. The van der Waals surface area contributed by atoms with Gasteiger partial charge in [-0.3, -0.25) is 0 Å². The lowest BCUT2D eigenvalue weighted by Crippen LogP contribution is -2.39. The molecule has 8 heteroatoms. The van der Waals surface area contributed by atoms with Gasteiger partial charge in [0.05, 0.1) is 6.61 Å². The first-order valence-electron chi connectivity index (χ1n) is 8.25. The maximum atomic E-state index is 6.03. The van der Waals surface area contributed by atoms with Crippen LogP contribution in [0.2, 0.25) is 0 Å². The fourth-order valence-electron chi connectivity index (χ4n) is 3.35. The molecule has 0 bridgehead atoms. The van der Waals surface area contributed by atoms with Gasteiger partial charge < -0.3 is 14.2 Å². The minimum Gasteiger partial charge on any atom is -0.370 e. The quantitative estimate of drug-likeness (QED) is 0.554. The van der Waals surface area contributed by atoms with Crippen molar-refractivity contribution < 1.29 is 4.74 Å². The van der Waals surface area contributed by atoms with E-state index in [1.165, 1.54) is 21.1 Å². The summed E-state index contributed by atoms with van der Waals surface area (Å²) < 4.78 is 9.61. The zero-order valence-corrected chi connectivity index (χ0v) is 13.8. The third-order valence-corrected chi connectivity index (χ3v) is 4.73. The zero-order chi connectivity index (χ0) is 16.8. The monoisotopic (exact) mass is 335 g/mol. The largest absolute Gasteiger partial charge is 0.370 e. The number of rotatable bonds is 2. The van der Waals surface area contributed by atoms with E-state index in [2.05, 4.69) is 67.6 Å². The van der Waals surface area contributed by atoms with Gasteiger partial charge in [0.25, 0.3) is 0 Å². The summed E-state index contributed by atoms with van der Waals surface area (Å²) in [6.07, 6.45) is 2.09. The number of fused-ring (bicyclic) bond motifs is 2. The number of tetrazole rings is 1. The first kappa shape index (κ1) is 14.4. The summed E-state index contributed by atoms with van der Waals surface area (Å²) in [6, 6.07) is 12.5. The summed E-state index contributed by atoms with van der Waals surface area (Å²) in [5.41, 5.74) is 3.04. The lowest BCUT2D eigenvalue weighted by atomic mass is 10.1. The normalized spacial score (nSPS) is 18.3. The number of morpholine rings is 1. The molecule has 0 aliphatic carbocycles. The molecule has 4 aromatic rings. The van der Waals surface area contributed by atoms with Crippen molar-refractivity contribution in [1.82, 2.24) is 29.8 Å². The molecule has 8 nitrogen and oxygen atoms in total. The molecule has 1 saturated heterocycles. The van der Waals surface area contributed by atoms with Crippen LogP contribution in [-0.2, 0) is 11.8 Å². The molecule has 0 radical (unpaired) electrons. The number of hydrogen-bond donors (Lipinski definition) is 0. The van der Waals surface area contributed by atoms with Gasteiger partial charge in [-0.05, 0) is 45.6 Å². The van der Waals surface area contributed by atoms with Crippen LogP contribution < -0.4 is 4.90 Å². The molecular weight excluding hydrogens is 318 g/mol. The van der Waals surface area contributed by atoms with Crippen molar-refractivity contribution in [3.63, 3.8) is 0 Å². The van der Waals surface area contributed by atoms with E-state index in [0.29, 0.717) is 12.3 Å². The number of benzene rings is 1. The van der Waals surface area contributed by atoms with E-state index in [1.807, 2.05) is 12.1 Å². The van der Waals surface area contributed by atoms with Crippen molar-refractivity contribution in [2.75, 3.05) is 24.6 Å². The maximum Gasteiger partial charge on any atom is 0.200 e. The molecule has 25 heavy (non-hydrogen) atoms. The van der Waals surface area contributed by atoms with Crippen LogP contribution in [0.3, 0.4) is 0 Å². The van der Waals surface area contributed by atoms with Gasteiger partial charge in [0, 0.05) is 31.9 Å². The molecule has 0 saturated carbocycles. The Morgan fingerprint density at radius 1 is 1.16 bits per heavy atom. The topological polar surface area (TPSA) is 73.4 Å². The van der Waals surface area contributed by atoms with Gasteiger partial charge in [0.15, 0.2) is 11.5 Å². The second-order valence-electron chi connectivity index (χ2n) is 6.27. The lowest BCUT2D eigenvalue weighted by Gasteiger charge is -2.33. The minimum absolute atomic E-state index is 0.0134. The number of anilines is 1. The molecule has 1 fully saturated rings. The summed E-state index contributed by atoms with van der Waals surface area (Å²) in [7, 11) is 2.06. The lowest BCUT2D eigenvalue weighted by molar-refractivity contribution is 0.0395. The highest BCUT2D eigenvalue weighted by molar-refractivity contribution is 5.80. The highest BCUT2D eigenvalue weighted by atomic mass is 16.5.